The van der Waals surface area contributed by atoms with E-state index < -0.39 is 0 Å². The molecular formula is C78H89IN4O11. The molecule has 0 spiro atoms. The topological polar surface area (TPSA) is 174 Å². The minimum Gasteiger partial charge on any atom is -0.466 e. The number of rotatable bonds is 23. The van der Waals surface area contributed by atoms with Gasteiger partial charge in [-0.25, -0.2) is 0 Å². The fourth-order valence-electron chi connectivity index (χ4n) is 10.9. The maximum atomic E-state index is 11.9. The molecule has 16 heteroatoms. The molecule has 12 rings (SSSR count). The number of Topliss-reactive ketones (excluding diaryl/α,β-unsaturated/α-hetero) is 1. The second kappa shape index (κ2) is 39.6. The summed E-state index contributed by atoms with van der Waals surface area (Å²) in [5.41, 5.74) is 8.19. The maximum absolute atomic E-state index is 11.9. The van der Waals surface area contributed by atoms with Crippen LogP contribution < -0.4 is 39.4 Å². The monoisotopic (exact) mass is 1380 g/mol. The van der Waals surface area contributed by atoms with Gasteiger partial charge < -0.3 is 54.0 Å². The molecule has 0 bridgehead atoms. The van der Waals surface area contributed by atoms with Crippen molar-refractivity contribution in [1.29, 1.82) is 0 Å². The lowest BCUT2D eigenvalue weighted by Crippen LogP contribution is -2.23. The summed E-state index contributed by atoms with van der Waals surface area (Å²) in [5, 5.41) is 14.9. The van der Waals surface area contributed by atoms with Crippen molar-refractivity contribution >= 4 is 69.0 Å². The third-order valence-electron chi connectivity index (χ3n) is 15.8. The summed E-state index contributed by atoms with van der Waals surface area (Å²) >= 11 is 2.37. The van der Waals surface area contributed by atoms with Crippen molar-refractivity contribution in [3.05, 3.63) is 216 Å². The second-order valence-electron chi connectivity index (χ2n) is 22.8. The smallest absolute Gasteiger partial charge is 0.305 e. The highest BCUT2D eigenvalue weighted by Crippen LogP contribution is 2.41. The Balaban J connectivity index is 0.000000155. The van der Waals surface area contributed by atoms with E-state index in [0.717, 1.165) is 148 Å². The number of esters is 2. The minimum absolute atomic E-state index is 0.0491. The van der Waals surface area contributed by atoms with E-state index in [-0.39, 0.29) is 30.2 Å². The molecule has 0 fully saturated rings. The van der Waals surface area contributed by atoms with E-state index in [0.29, 0.717) is 55.2 Å². The van der Waals surface area contributed by atoms with E-state index >= 15 is 0 Å². The molecule has 4 heterocycles. The molecule has 0 saturated heterocycles. The van der Waals surface area contributed by atoms with Crippen LogP contribution in [0.15, 0.2) is 194 Å². The molecule has 4 aliphatic heterocycles. The number of amides is 1. The molecule has 0 radical (unpaired) electrons. The van der Waals surface area contributed by atoms with E-state index in [1.807, 2.05) is 147 Å². The molecule has 0 aromatic heterocycles. The van der Waals surface area contributed by atoms with Gasteiger partial charge in [-0.15, -0.1) is 0 Å². The highest BCUT2D eigenvalue weighted by molar-refractivity contribution is 14.1. The van der Waals surface area contributed by atoms with Crippen LogP contribution >= 0.6 is 22.6 Å². The van der Waals surface area contributed by atoms with Gasteiger partial charge in [-0.2, -0.15) is 0 Å². The number of fused-ring (bicyclic) bond motifs is 8. The number of carbonyl (C=O) groups excluding carboxylic acids is 4. The third-order valence-corrected chi connectivity index (χ3v) is 16.6. The molecule has 0 atom stereocenters. The molecule has 1 amide bonds. The van der Waals surface area contributed by atoms with Crippen LogP contribution in [0.3, 0.4) is 0 Å². The normalized spacial score (nSPS) is 12.4. The Kier molecular flexibility index (Phi) is 29.9. The lowest BCUT2D eigenvalue weighted by atomic mass is 10.1. The number of nitrogens with one attached hydrogen (secondary N) is 2. The lowest BCUT2D eigenvalue weighted by molar-refractivity contribution is -0.144. The fraction of sp³-hybridized carbons (Fsp3) is 0.333. The number of alkyl halides is 1. The molecule has 0 aliphatic carbocycles. The van der Waals surface area contributed by atoms with Crippen LogP contribution in [0.4, 0.5) is 22.7 Å². The average molecular weight is 1390 g/mol. The SMILES string of the molecule is CCOC(=O)CCCCCCI.CCOC(=O)CCCCCCN1Cc2ccccc2Oc2ccccc21.O=C(CO)CCCCCCN1Cc2ccccc2Oc2ccccc21.O=C1Nc2ccccc2Oc2ccccc21.c1ccc2c(c1)CNc1ccccc1O2. The van der Waals surface area contributed by atoms with Gasteiger partial charge in [0.25, 0.3) is 5.91 Å². The van der Waals surface area contributed by atoms with Gasteiger partial charge in [0.15, 0.2) is 28.8 Å². The summed E-state index contributed by atoms with van der Waals surface area (Å²) in [4.78, 5) is 50.0. The quantitative estimate of drug-likeness (QED) is 0.0239. The summed E-state index contributed by atoms with van der Waals surface area (Å²) in [6, 6.07) is 63.5. The van der Waals surface area contributed by atoms with Crippen molar-refractivity contribution in [3.8, 4) is 46.0 Å². The first kappa shape index (κ1) is 71.0. The highest BCUT2D eigenvalue weighted by atomic mass is 127. The highest BCUT2D eigenvalue weighted by Gasteiger charge is 2.23. The van der Waals surface area contributed by atoms with Crippen LogP contribution in [-0.4, -0.2) is 66.1 Å². The van der Waals surface area contributed by atoms with Gasteiger partial charge in [-0.05, 0) is 136 Å². The summed E-state index contributed by atoms with van der Waals surface area (Å²) in [7, 11) is 0. The van der Waals surface area contributed by atoms with Crippen LogP contribution in [-0.2, 0) is 43.5 Å². The number of unbranched alkanes of at least 4 members (excludes halogenated alkanes) is 9. The molecule has 8 aromatic rings. The van der Waals surface area contributed by atoms with E-state index in [1.54, 1.807) is 12.1 Å². The number of aliphatic hydroxyl groups excluding tert-OH is 1. The van der Waals surface area contributed by atoms with Crippen molar-refractivity contribution in [2.75, 3.05) is 57.8 Å². The first-order valence-electron chi connectivity index (χ1n) is 33.1. The predicted molar refractivity (Wildman–Crippen MR) is 383 cm³/mol. The number of anilines is 4. The molecule has 0 unspecified atom stereocenters. The average Bonchev–Trinajstić information content (AvgIpc) is 1.89. The van der Waals surface area contributed by atoms with E-state index in [2.05, 4.69) is 91.6 Å². The van der Waals surface area contributed by atoms with Crippen molar-refractivity contribution < 1.29 is 52.7 Å². The number of aliphatic hydroxyl groups is 1. The number of ether oxygens (including phenoxy) is 6. The molecule has 4 aliphatic rings. The Morgan fingerprint density at radius 2 is 0.819 bits per heavy atom. The molecule has 15 nitrogen and oxygen atoms in total. The third kappa shape index (κ3) is 22.7. The minimum atomic E-state index is -0.329. The number of ketones is 1. The van der Waals surface area contributed by atoms with Crippen molar-refractivity contribution in [1.82, 2.24) is 0 Å². The number of hydrogen-bond acceptors (Lipinski definition) is 14. The summed E-state index contributed by atoms with van der Waals surface area (Å²) in [6.45, 7) is 8.79. The van der Waals surface area contributed by atoms with E-state index in [4.69, 9.17) is 33.5 Å². The lowest BCUT2D eigenvalue weighted by Gasteiger charge is -2.24. The Labute approximate surface area is 568 Å². The molecule has 0 saturated carbocycles. The Morgan fingerprint density at radius 3 is 1.34 bits per heavy atom. The van der Waals surface area contributed by atoms with Gasteiger partial charge in [0.1, 0.15) is 29.6 Å². The van der Waals surface area contributed by atoms with Crippen LogP contribution in [0.2, 0.25) is 0 Å². The molecular weight excluding hydrogens is 1300 g/mol. The second-order valence-corrected chi connectivity index (χ2v) is 23.9. The fourth-order valence-corrected chi connectivity index (χ4v) is 11.5. The largest absolute Gasteiger partial charge is 0.466 e. The van der Waals surface area contributed by atoms with Crippen LogP contribution in [0.25, 0.3) is 0 Å². The molecule has 8 aromatic carbocycles. The van der Waals surface area contributed by atoms with E-state index in [9.17, 15) is 19.2 Å². The zero-order valence-corrected chi connectivity index (χ0v) is 56.4. The molecule has 494 valence electrons. The Morgan fingerprint density at radius 1 is 0.436 bits per heavy atom. The summed E-state index contributed by atoms with van der Waals surface area (Å²) in [5.74, 6) is 6.45. The van der Waals surface area contributed by atoms with Crippen molar-refractivity contribution in [2.45, 2.75) is 130 Å². The van der Waals surface area contributed by atoms with Gasteiger partial charge in [0.05, 0.1) is 41.5 Å². The number of para-hydroxylation sites is 12. The number of carbonyl (C=O) groups is 4. The van der Waals surface area contributed by atoms with Crippen LogP contribution in [0.5, 0.6) is 46.0 Å². The zero-order valence-electron chi connectivity index (χ0n) is 54.2. The van der Waals surface area contributed by atoms with Gasteiger partial charge in [-0.1, -0.05) is 176 Å². The van der Waals surface area contributed by atoms with Gasteiger partial charge >= 0.3 is 11.9 Å². The maximum Gasteiger partial charge on any atom is 0.305 e. The van der Waals surface area contributed by atoms with Crippen LogP contribution in [0.1, 0.15) is 137 Å². The first-order valence-corrected chi connectivity index (χ1v) is 34.6. The van der Waals surface area contributed by atoms with Crippen molar-refractivity contribution in [3.63, 3.8) is 0 Å². The van der Waals surface area contributed by atoms with Gasteiger partial charge in [-0.3, -0.25) is 19.2 Å². The zero-order chi connectivity index (χ0) is 66.0. The standard InChI is InChI=1S/C22H27NO3.C21H25NO3.C13H9NO2.C13H11NO.C9H17IO2/c1-2-25-22(24)15-5-3-4-10-16-23-17-18-11-6-8-13-20(18)26-21-14-9-7-12-19(21)23;23-16-18(24)10-3-1-2-8-14-22-15-17-9-4-6-12-20(17)25-21-13-7-5-11-19(21)22;15-13-9-5-1-3-7-11(9)16-12-8-4-2-6-10(12)14-13;1-3-7-12-10(5-1)9-14-11-6-2-4-8-13(11)15-12;1-2-12-9(11)7-5-3-4-6-8-10/h6-9,11-14H,2-5,10,15-17H2,1H3;4-7,9,11-13,23H,1-3,8,10,14-16H2;1-8H,(H,14,15);1-8,14H,9H2;2-8H2,1H3. The molecule has 94 heavy (non-hydrogen) atoms. The number of hydrogen-bond donors (Lipinski definition) is 3. The predicted octanol–water partition coefficient (Wildman–Crippen LogP) is 19.0. The number of benzene rings is 8. The van der Waals surface area contributed by atoms with Crippen molar-refractivity contribution in [2.24, 2.45) is 0 Å². The van der Waals surface area contributed by atoms with Gasteiger partial charge in [0, 0.05) is 68.7 Å². The molecule has 3 N–H and O–H groups in total. The summed E-state index contributed by atoms with van der Waals surface area (Å²) in [6.07, 6.45) is 14.5. The van der Waals surface area contributed by atoms with Gasteiger partial charge in [0.2, 0.25) is 0 Å². The number of halogens is 1. The number of nitrogens with zero attached hydrogens (tertiary/aromatic N) is 2. The Bertz CT molecular complexity index is 3610. The van der Waals surface area contributed by atoms with E-state index in [1.165, 1.54) is 34.0 Å². The Hall–Kier alpha value is -8.87. The first-order chi connectivity index (χ1) is 46.1. The summed E-state index contributed by atoms with van der Waals surface area (Å²) < 4.78 is 34.8. The van der Waals surface area contributed by atoms with Crippen LogP contribution in [0, 0.1) is 0 Å².